The molecular formula is C25H32N6O6S2. The topological polar surface area (TPSA) is 172 Å². The molecule has 39 heavy (non-hydrogen) atoms. The van der Waals surface area contributed by atoms with Crippen LogP contribution in [0.5, 0.6) is 5.75 Å². The van der Waals surface area contributed by atoms with Gasteiger partial charge in [-0.05, 0) is 31.9 Å². The monoisotopic (exact) mass is 576 g/mol. The number of hydrogen-bond donors (Lipinski definition) is 2. The summed E-state index contributed by atoms with van der Waals surface area (Å²) in [6.07, 6.45) is 0.667. The van der Waals surface area contributed by atoms with Gasteiger partial charge < -0.3 is 20.1 Å². The van der Waals surface area contributed by atoms with Crippen molar-refractivity contribution in [2.45, 2.75) is 25.2 Å². The van der Waals surface area contributed by atoms with Gasteiger partial charge in [-0.15, -0.1) is 10.2 Å². The molecule has 12 nitrogen and oxygen atoms in total. The van der Waals surface area contributed by atoms with Gasteiger partial charge in [0.25, 0.3) is 0 Å². The number of hydrogen-bond acceptors (Lipinski definition) is 12. The Hall–Kier alpha value is -3.80. The van der Waals surface area contributed by atoms with Gasteiger partial charge in [0, 0.05) is 49.3 Å². The third kappa shape index (κ3) is 8.09. The van der Waals surface area contributed by atoms with Gasteiger partial charge in [-0.2, -0.15) is 5.26 Å². The van der Waals surface area contributed by atoms with E-state index in [1.54, 1.807) is 21.0 Å². The maximum absolute atomic E-state index is 12.3. The number of nitrogens with one attached hydrogen (secondary N) is 2. The SMILES string of the molecule is C=CS(=O)(=O)CCNc1nc(NCCCOC)c(C#N)c(C)c1/N=N/c1cc(C)c(S(=O)(=O)C=C)cc1OC. The molecule has 2 rings (SSSR count). The quantitative estimate of drug-likeness (QED) is 0.229. The molecule has 1 aromatic heterocycles. The summed E-state index contributed by atoms with van der Waals surface area (Å²) in [7, 11) is -4.25. The normalized spacial score (nSPS) is 11.7. The smallest absolute Gasteiger partial charge is 0.199 e. The Balaban J connectivity index is 2.61. The van der Waals surface area contributed by atoms with E-state index in [0.717, 1.165) is 10.8 Å². The van der Waals surface area contributed by atoms with Crippen molar-refractivity contribution in [3.63, 3.8) is 0 Å². The Kier molecular flexibility index (Phi) is 11.1. The van der Waals surface area contributed by atoms with E-state index < -0.39 is 19.7 Å². The van der Waals surface area contributed by atoms with Crippen molar-refractivity contribution in [2.24, 2.45) is 10.2 Å². The number of azo groups is 1. The van der Waals surface area contributed by atoms with Crippen molar-refractivity contribution >= 4 is 42.7 Å². The van der Waals surface area contributed by atoms with Gasteiger partial charge >= 0.3 is 0 Å². The molecule has 2 aromatic rings. The lowest BCUT2D eigenvalue weighted by atomic mass is 10.1. The Labute approximate surface area is 229 Å². The molecule has 14 heteroatoms. The van der Waals surface area contributed by atoms with Crippen molar-refractivity contribution < 1.29 is 26.3 Å². The van der Waals surface area contributed by atoms with E-state index >= 15 is 0 Å². The highest BCUT2D eigenvalue weighted by molar-refractivity contribution is 7.94. The van der Waals surface area contributed by atoms with Crippen LogP contribution in [0.1, 0.15) is 23.1 Å². The standard InChI is InChI=1S/C25H32N6O6S2/c1-7-38(32,33)13-11-28-25-23(18(4)19(16-26)24(29-25)27-10-9-12-36-5)31-30-20-14-17(3)22(15-21(20)37-6)39(34,35)8-2/h7-8,14-15H,1-2,9-13H2,3-6H3,(H2,27,28,29)/b31-30+. The van der Waals surface area contributed by atoms with Gasteiger partial charge in [-0.1, -0.05) is 13.2 Å². The summed E-state index contributed by atoms with van der Waals surface area (Å²) in [5, 5.41) is 26.2. The highest BCUT2D eigenvalue weighted by atomic mass is 32.2. The van der Waals surface area contributed by atoms with Crippen LogP contribution in [0.15, 0.2) is 51.2 Å². The van der Waals surface area contributed by atoms with Crippen LogP contribution in [0, 0.1) is 25.2 Å². The molecule has 0 aliphatic heterocycles. The number of ether oxygens (including phenoxy) is 2. The van der Waals surface area contributed by atoms with Crippen molar-refractivity contribution in [3.05, 3.63) is 52.8 Å². The second kappa shape index (κ2) is 13.8. The third-order valence-corrected chi connectivity index (χ3v) is 8.31. The van der Waals surface area contributed by atoms with E-state index in [9.17, 15) is 22.1 Å². The lowest BCUT2D eigenvalue weighted by molar-refractivity contribution is 0.198. The van der Waals surface area contributed by atoms with Crippen molar-refractivity contribution in [3.8, 4) is 11.8 Å². The predicted molar refractivity (Wildman–Crippen MR) is 150 cm³/mol. The summed E-state index contributed by atoms with van der Waals surface area (Å²) >= 11 is 0. The third-order valence-electron chi connectivity index (χ3n) is 5.54. The fraction of sp³-hybridized carbons (Fsp3) is 0.360. The van der Waals surface area contributed by atoms with Crippen LogP contribution in [0.4, 0.5) is 23.0 Å². The lowest BCUT2D eigenvalue weighted by Gasteiger charge is -2.16. The molecule has 0 radical (unpaired) electrons. The summed E-state index contributed by atoms with van der Waals surface area (Å²) in [4.78, 5) is 4.52. The van der Waals surface area contributed by atoms with Gasteiger partial charge in [-0.25, -0.2) is 21.8 Å². The van der Waals surface area contributed by atoms with Gasteiger partial charge in [0.05, 0.1) is 23.3 Å². The molecule has 0 aliphatic carbocycles. The van der Waals surface area contributed by atoms with Crippen molar-refractivity contribution in [1.29, 1.82) is 5.26 Å². The van der Waals surface area contributed by atoms with E-state index in [1.165, 1.54) is 19.2 Å². The van der Waals surface area contributed by atoms with Gasteiger partial charge in [0.1, 0.15) is 29.0 Å². The van der Waals surface area contributed by atoms with Crippen LogP contribution in [0.3, 0.4) is 0 Å². The van der Waals surface area contributed by atoms with Crippen LogP contribution in [-0.2, 0) is 24.4 Å². The summed E-state index contributed by atoms with van der Waals surface area (Å²) in [5.74, 6) is 0.409. The number of rotatable bonds is 15. The molecule has 0 saturated heterocycles. The molecule has 0 atom stereocenters. The molecule has 0 saturated carbocycles. The van der Waals surface area contributed by atoms with E-state index in [4.69, 9.17) is 9.47 Å². The average molecular weight is 577 g/mol. The number of methoxy groups -OCH3 is 2. The summed E-state index contributed by atoms with van der Waals surface area (Å²) in [6.45, 7) is 10.9. The van der Waals surface area contributed by atoms with Gasteiger partial charge in [0.2, 0.25) is 0 Å². The minimum absolute atomic E-state index is 0.00509. The fourth-order valence-corrected chi connectivity index (χ4v) is 4.93. The zero-order valence-corrected chi connectivity index (χ0v) is 23.9. The molecule has 0 bridgehead atoms. The number of nitriles is 1. The molecule has 0 spiro atoms. The maximum Gasteiger partial charge on any atom is 0.199 e. The van der Waals surface area contributed by atoms with Crippen molar-refractivity contribution in [1.82, 2.24) is 4.98 Å². The summed E-state index contributed by atoms with van der Waals surface area (Å²) in [6, 6.07) is 4.96. The predicted octanol–water partition coefficient (Wildman–Crippen LogP) is 4.33. The van der Waals surface area contributed by atoms with E-state index in [1.807, 2.05) is 0 Å². The highest BCUT2D eigenvalue weighted by Gasteiger charge is 2.20. The molecule has 1 aromatic carbocycles. The molecule has 0 fully saturated rings. The number of sulfone groups is 2. The number of anilines is 2. The first kappa shape index (κ1) is 31.4. The number of pyridine rings is 1. The molecule has 0 aliphatic rings. The minimum atomic E-state index is -3.72. The van der Waals surface area contributed by atoms with Crippen LogP contribution in [0.2, 0.25) is 0 Å². The molecule has 0 unspecified atom stereocenters. The minimum Gasteiger partial charge on any atom is -0.494 e. The number of aromatic nitrogens is 1. The zero-order chi connectivity index (χ0) is 29.2. The van der Waals surface area contributed by atoms with Crippen LogP contribution in [-0.4, -0.2) is 61.5 Å². The van der Waals surface area contributed by atoms with Gasteiger partial charge in [-0.3, -0.25) is 0 Å². The van der Waals surface area contributed by atoms with Crippen LogP contribution in [0.25, 0.3) is 0 Å². The number of nitrogens with zero attached hydrogens (tertiary/aromatic N) is 4. The van der Waals surface area contributed by atoms with Crippen LogP contribution < -0.4 is 15.4 Å². The molecule has 210 valence electrons. The Bertz CT molecular complexity index is 1510. The second-order valence-corrected chi connectivity index (χ2v) is 12.1. The Morgan fingerprint density at radius 1 is 1.05 bits per heavy atom. The van der Waals surface area contributed by atoms with E-state index in [-0.39, 0.29) is 45.7 Å². The largest absolute Gasteiger partial charge is 0.494 e. The molecule has 1 heterocycles. The highest BCUT2D eigenvalue weighted by Crippen LogP contribution is 2.38. The molecule has 2 N–H and O–H groups in total. The molecule has 0 amide bonds. The summed E-state index contributed by atoms with van der Waals surface area (Å²) in [5.41, 5.74) is 1.52. The molecular weight excluding hydrogens is 544 g/mol. The summed E-state index contributed by atoms with van der Waals surface area (Å²) < 4.78 is 58.9. The number of benzene rings is 1. The number of aryl methyl sites for hydroxylation is 1. The second-order valence-electron chi connectivity index (χ2n) is 8.20. The first-order valence-electron chi connectivity index (χ1n) is 11.7. The maximum atomic E-state index is 12.3. The first-order chi connectivity index (χ1) is 18.4. The zero-order valence-electron chi connectivity index (χ0n) is 22.3. The van der Waals surface area contributed by atoms with Gasteiger partial charge in [0.15, 0.2) is 25.5 Å². The Morgan fingerprint density at radius 2 is 1.74 bits per heavy atom. The Morgan fingerprint density at radius 3 is 2.33 bits per heavy atom. The lowest BCUT2D eigenvalue weighted by Crippen LogP contribution is -2.16. The van der Waals surface area contributed by atoms with Crippen LogP contribution >= 0.6 is 0 Å². The fourth-order valence-electron chi connectivity index (χ4n) is 3.42. The van der Waals surface area contributed by atoms with E-state index in [2.05, 4.69) is 45.1 Å². The average Bonchev–Trinajstić information content (AvgIpc) is 2.90. The van der Waals surface area contributed by atoms with E-state index in [0.29, 0.717) is 36.5 Å². The van der Waals surface area contributed by atoms with Crippen molar-refractivity contribution in [2.75, 3.05) is 50.3 Å². The first-order valence-corrected chi connectivity index (χ1v) is 14.9.